The normalized spacial score (nSPS) is 17.5. The van der Waals surface area contributed by atoms with E-state index in [0.717, 1.165) is 46.8 Å². The van der Waals surface area contributed by atoms with Gasteiger partial charge in [-0.15, -0.1) is 11.3 Å². The van der Waals surface area contributed by atoms with Crippen molar-refractivity contribution in [2.24, 2.45) is 13.0 Å². The maximum Gasteiger partial charge on any atom is 0.252 e. The van der Waals surface area contributed by atoms with Gasteiger partial charge in [-0.05, 0) is 56.3 Å². The summed E-state index contributed by atoms with van der Waals surface area (Å²) in [6.07, 6.45) is 2.33. The van der Waals surface area contributed by atoms with Crippen molar-refractivity contribution in [3.8, 4) is 10.6 Å². The van der Waals surface area contributed by atoms with Gasteiger partial charge in [0.05, 0.1) is 27.2 Å². The number of thiophene rings is 1. The number of carbonyl (C=O) groups is 1. The number of hydrogen-bond acceptors (Lipinski definition) is 5. The number of carbonyl (C=O) groups excluding carboxylic acids is 1. The molecule has 0 saturated carbocycles. The van der Waals surface area contributed by atoms with Crippen LogP contribution in [-0.2, 0) is 7.05 Å². The second-order valence-corrected chi connectivity index (χ2v) is 7.81. The van der Waals surface area contributed by atoms with Crippen molar-refractivity contribution in [1.82, 2.24) is 25.4 Å². The van der Waals surface area contributed by atoms with Gasteiger partial charge in [0, 0.05) is 13.6 Å². The number of fused-ring (bicyclic) bond motifs is 1. The molecule has 0 spiro atoms. The minimum absolute atomic E-state index is 0.0446. The van der Waals surface area contributed by atoms with Crippen molar-refractivity contribution >= 4 is 28.3 Å². The summed E-state index contributed by atoms with van der Waals surface area (Å²) in [5.41, 5.74) is 3.06. The Kier molecular flexibility index (Phi) is 4.74. The molecule has 3 aromatic heterocycles. The second kappa shape index (κ2) is 7.17. The van der Waals surface area contributed by atoms with Crippen LogP contribution in [0.3, 0.4) is 0 Å². The maximum atomic E-state index is 13.0. The number of pyridine rings is 1. The third kappa shape index (κ3) is 3.24. The number of hydrogen-bond donors (Lipinski definition) is 2. The number of rotatable bonds is 4. The maximum absolute atomic E-state index is 13.0. The number of nitrogens with zero attached hydrogens (tertiary/aromatic N) is 3. The molecule has 0 aliphatic carbocycles. The summed E-state index contributed by atoms with van der Waals surface area (Å²) in [6.45, 7) is 4.67. The molecule has 0 radical (unpaired) electrons. The van der Waals surface area contributed by atoms with Gasteiger partial charge in [0.25, 0.3) is 5.91 Å². The molecule has 1 saturated heterocycles. The van der Waals surface area contributed by atoms with Crippen LogP contribution < -0.4 is 10.6 Å². The molecule has 26 heavy (non-hydrogen) atoms. The average Bonchev–Trinajstić information content (AvgIpc) is 3.29. The van der Waals surface area contributed by atoms with Crippen LogP contribution in [0.15, 0.2) is 23.6 Å². The van der Waals surface area contributed by atoms with Crippen molar-refractivity contribution in [3.05, 3.63) is 34.8 Å². The number of aryl methyl sites for hydroxylation is 2. The highest BCUT2D eigenvalue weighted by molar-refractivity contribution is 7.13. The fraction of sp³-hybridized carbons (Fsp3) is 0.421. The summed E-state index contributed by atoms with van der Waals surface area (Å²) in [4.78, 5) is 18.8. The summed E-state index contributed by atoms with van der Waals surface area (Å²) < 4.78 is 1.75. The number of amides is 1. The minimum Gasteiger partial charge on any atom is -0.352 e. The molecule has 1 aliphatic heterocycles. The molecule has 1 fully saturated rings. The molecular weight excluding hydrogens is 346 g/mol. The van der Waals surface area contributed by atoms with Crippen LogP contribution in [0.1, 0.15) is 28.9 Å². The van der Waals surface area contributed by atoms with Crippen molar-refractivity contribution in [2.75, 3.05) is 19.6 Å². The van der Waals surface area contributed by atoms with Gasteiger partial charge in [-0.3, -0.25) is 9.48 Å². The molecule has 2 N–H and O–H groups in total. The molecule has 1 atom stereocenters. The van der Waals surface area contributed by atoms with Gasteiger partial charge in [-0.2, -0.15) is 5.10 Å². The molecule has 136 valence electrons. The van der Waals surface area contributed by atoms with E-state index in [0.29, 0.717) is 18.0 Å². The fourth-order valence-electron chi connectivity index (χ4n) is 3.60. The third-order valence-electron chi connectivity index (χ3n) is 4.94. The highest BCUT2D eigenvalue weighted by Crippen LogP contribution is 2.29. The molecule has 0 aromatic carbocycles. The molecule has 6 nitrogen and oxygen atoms in total. The van der Waals surface area contributed by atoms with Crippen LogP contribution in [0.2, 0.25) is 0 Å². The van der Waals surface area contributed by atoms with Crippen molar-refractivity contribution in [3.63, 3.8) is 0 Å². The predicted molar refractivity (Wildman–Crippen MR) is 104 cm³/mol. The van der Waals surface area contributed by atoms with E-state index in [1.165, 1.54) is 6.42 Å². The zero-order chi connectivity index (χ0) is 18.1. The first kappa shape index (κ1) is 17.2. The zero-order valence-corrected chi connectivity index (χ0v) is 15.9. The summed E-state index contributed by atoms with van der Waals surface area (Å²) in [7, 11) is 1.87. The molecule has 1 amide bonds. The van der Waals surface area contributed by atoms with E-state index in [2.05, 4.69) is 15.7 Å². The first-order chi connectivity index (χ1) is 12.6. The molecule has 1 aliphatic rings. The van der Waals surface area contributed by atoms with Crippen LogP contribution in [0.5, 0.6) is 0 Å². The Morgan fingerprint density at radius 2 is 2.38 bits per heavy atom. The lowest BCUT2D eigenvalue weighted by atomic mass is 9.99. The second-order valence-electron chi connectivity index (χ2n) is 6.86. The molecule has 1 unspecified atom stereocenters. The number of aromatic nitrogens is 3. The Morgan fingerprint density at radius 1 is 1.50 bits per heavy atom. The fourth-order valence-corrected chi connectivity index (χ4v) is 4.29. The van der Waals surface area contributed by atoms with E-state index in [4.69, 9.17) is 4.98 Å². The number of nitrogens with one attached hydrogen (secondary N) is 2. The summed E-state index contributed by atoms with van der Waals surface area (Å²) in [5, 5.41) is 13.9. The van der Waals surface area contributed by atoms with E-state index in [1.54, 1.807) is 16.0 Å². The highest BCUT2D eigenvalue weighted by atomic mass is 32.1. The van der Waals surface area contributed by atoms with Crippen molar-refractivity contribution in [1.29, 1.82) is 0 Å². The zero-order valence-electron chi connectivity index (χ0n) is 15.1. The highest BCUT2D eigenvalue weighted by Gasteiger charge is 2.21. The SMILES string of the molecule is Cc1nn(C)c2nc(-c3cccs3)cc(C(=O)NCC3CCCNC3)c12. The first-order valence-corrected chi connectivity index (χ1v) is 9.88. The quantitative estimate of drug-likeness (QED) is 0.742. The molecular formula is C19H23N5OS. The topological polar surface area (TPSA) is 71.8 Å². The lowest BCUT2D eigenvalue weighted by Crippen LogP contribution is -2.38. The van der Waals surface area contributed by atoms with E-state index in [1.807, 2.05) is 37.6 Å². The number of piperidine rings is 1. The van der Waals surface area contributed by atoms with Crippen LogP contribution in [0.4, 0.5) is 0 Å². The third-order valence-corrected chi connectivity index (χ3v) is 5.83. The summed E-state index contributed by atoms with van der Waals surface area (Å²) >= 11 is 1.62. The van der Waals surface area contributed by atoms with E-state index in [9.17, 15) is 4.79 Å². The molecule has 0 bridgehead atoms. The Labute approximate surface area is 156 Å². The molecule has 7 heteroatoms. The van der Waals surface area contributed by atoms with Gasteiger partial charge in [0.1, 0.15) is 0 Å². The molecule has 3 aromatic rings. The lowest BCUT2D eigenvalue weighted by molar-refractivity contribution is 0.0946. The van der Waals surface area contributed by atoms with Crippen LogP contribution in [0, 0.1) is 12.8 Å². The van der Waals surface area contributed by atoms with Gasteiger partial charge in [-0.25, -0.2) is 4.98 Å². The Morgan fingerprint density at radius 3 is 3.12 bits per heavy atom. The largest absolute Gasteiger partial charge is 0.352 e. The lowest BCUT2D eigenvalue weighted by Gasteiger charge is -2.23. The van der Waals surface area contributed by atoms with E-state index in [-0.39, 0.29) is 5.91 Å². The van der Waals surface area contributed by atoms with Crippen molar-refractivity contribution < 1.29 is 4.79 Å². The van der Waals surface area contributed by atoms with Crippen LogP contribution in [0.25, 0.3) is 21.6 Å². The average molecular weight is 369 g/mol. The van der Waals surface area contributed by atoms with Gasteiger partial charge < -0.3 is 10.6 Å². The van der Waals surface area contributed by atoms with E-state index < -0.39 is 0 Å². The predicted octanol–water partition coefficient (Wildman–Crippen LogP) is 2.73. The van der Waals surface area contributed by atoms with Crippen LogP contribution >= 0.6 is 11.3 Å². The van der Waals surface area contributed by atoms with Gasteiger partial charge in [-0.1, -0.05) is 6.07 Å². The van der Waals surface area contributed by atoms with E-state index >= 15 is 0 Å². The Hall–Kier alpha value is -2.25. The monoisotopic (exact) mass is 369 g/mol. The standard InChI is InChI=1S/C19H23N5OS/c1-12-17-14(19(25)21-11-13-5-3-7-20-10-13)9-15(16-6-4-8-26-16)22-18(17)24(2)23-12/h4,6,8-9,13,20H,3,5,7,10-11H2,1-2H3,(H,21,25). The van der Waals surface area contributed by atoms with Gasteiger partial charge in [0.15, 0.2) is 5.65 Å². The summed E-state index contributed by atoms with van der Waals surface area (Å²) in [5.74, 6) is 0.452. The van der Waals surface area contributed by atoms with Crippen LogP contribution in [-0.4, -0.2) is 40.3 Å². The Balaban J connectivity index is 1.69. The Bertz CT molecular complexity index is 925. The summed E-state index contributed by atoms with van der Waals surface area (Å²) in [6, 6.07) is 5.92. The van der Waals surface area contributed by atoms with Gasteiger partial charge in [0.2, 0.25) is 0 Å². The van der Waals surface area contributed by atoms with Gasteiger partial charge >= 0.3 is 0 Å². The molecule has 4 rings (SSSR count). The minimum atomic E-state index is -0.0446. The first-order valence-electron chi connectivity index (χ1n) is 9.00. The molecule has 4 heterocycles. The smallest absolute Gasteiger partial charge is 0.252 e. The van der Waals surface area contributed by atoms with Crippen molar-refractivity contribution in [2.45, 2.75) is 19.8 Å².